The van der Waals surface area contributed by atoms with Gasteiger partial charge in [0.1, 0.15) is 24.2 Å². The molecule has 127 heavy (non-hydrogen) atoms. The van der Waals surface area contributed by atoms with Crippen LogP contribution in [-0.2, 0) is 106 Å². The minimum Gasteiger partial charge on any atom is -0.481 e. The molecule has 0 unspecified atom stereocenters. The number of hydrogen-bond donors (Lipinski definition) is 9. The van der Waals surface area contributed by atoms with Crippen LogP contribution in [0.3, 0.4) is 0 Å². The lowest BCUT2D eigenvalue weighted by Crippen LogP contribution is -2.48. The average molecular weight is 1780 g/mol. The number of rotatable bonds is 69. The van der Waals surface area contributed by atoms with Crippen molar-refractivity contribution in [2.45, 2.75) is 154 Å². The van der Waals surface area contributed by atoms with Crippen LogP contribution >= 0.6 is 0 Å². The van der Waals surface area contributed by atoms with Crippen LogP contribution in [0, 0.1) is 5.92 Å². The molecule has 0 saturated heterocycles. The summed E-state index contributed by atoms with van der Waals surface area (Å²) >= 11 is 0. The number of carboxylic acids is 2. The third-order valence-electron chi connectivity index (χ3n) is 20.3. The second-order valence-corrected chi connectivity index (χ2v) is 32.1. The molecule has 2 aliphatic rings. The van der Waals surface area contributed by atoms with Gasteiger partial charge < -0.3 is 114 Å². The molecule has 4 aromatic rings. The quantitative estimate of drug-likeness (QED) is 0.00858. The number of anilines is 3. The topological polar surface area (TPSA) is 426 Å². The fraction of sp³-hybridized carbons (Fsp3) is 0.581. The van der Waals surface area contributed by atoms with E-state index in [0.29, 0.717) is 200 Å². The first kappa shape index (κ1) is 106. The summed E-state index contributed by atoms with van der Waals surface area (Å²) < 4.78 is 73.8. The van der Waals surface area contributed by atoms with Crippen molar-refractivity contribution in [1.82, 2.24) is 21.3 Å². The first-order valence-electron chi connectivity index (χ1n) is 44.0. The molecule has 10 N–H and O–H groups in total. The number of fused-ring (bicyclic) bond motifs is 2. The molecule has 2 heterocycles. The van der Waals surface area contributed by atoms with Gasteiger partial charge in [0, 0.05) is 91.7 Å². The molecule has 3 atom stereocenters. The predicted octanol–water partition coefficient (Wildman–Crippen LogP) is 10.7. The normalized spacial score (nSPS) is 14.5. The Morgan fingerprint density at radius 1 is 0.472 bits per heavy atom. The number of carboxylic acid groups (broad SMARTS) is 2. The summed E-state index contributed by atoms with van der Waals surface area (Å²) in [5, 5.41) is 44.1. The van der Waals surface area contributed by atoms with E-state index in [9.17, 15) is 48.6 Å². The number of aliphatic carboxylic acids is 2. The Balaban J connectivity index is 0.858. The van der Waals surface area contributed by atoms with E-state index in [1.54, 1.807) is 69.3 Å². The van der Waals surface area contributed by atoms with Crippen LogP contribution in [0.15, 0.2) is 143 Å². The summed E-state index contributed by atoms with van der Waals surface area (Å²) in [6, 6.07) is 27.5. The standard InChI is InChI=1S/C93H137N11O23/c1-91(2,3)127-90(114)100-78(89(112)113)68-70(88(110)111)22-21-31-84(106)97-71-32-36-73(37-33-71)101-102-74-38-34-72(35-39-74)98-86(108)69-96-87(109)77(99-85(107)40-44-115-46-48-117-50-52-119-54-56-121-58-60-123-62-64-125-66-67-126-65-63-124-61-59-122-57-55-120-53-51-118-49-47-116-45-41-94)25-18-19-42-95-83(105)30-13-10-20-43-104-80-27-17-15-24-76(80)93(6,7)82(104)29-12-9-11-28-81-92(4,5)75-23-14-16-26-79(75)103(81)8/h9,11-12,14-17,23-24,26-29,32-39,70,77-78H,10,13,18-22,25,30-31,40-69,94H2,1-8H3,(H7-,95,96,97,98,99,100,101,102,105,106,107,108,109,110,111,112,113,114)/p+1/t70-,77-,78-/m0/s1. The summed E-state index contributed by atoms with van der Waals surface area (Å²) in [6.07, 6.45) is 13.4. The Bertz CT molecular complexity index is 4100. The molecule has 0 spiro atoms. The van der Waals surface area contributed by atoms with Crippen LogP contribution in [0.1, 0.15) is 137 Å². The predicted molar refractivity (Wildman–Crippen MR) is 482 cm³/mol. The number of amides is 6. The van der Waals surface area contributed by atoms with Crippen LogP contribution < -0.4 is 42.5 Å². The highest BCUT2D eigenvalue weighted by Gasteiger charge is 2.44. The average Bonchev–Trinajstić information content (AvgIpc) is 1.60. The molecular weight excluding hydrogens is 1640 g/mol. The molecule has 0 aromatic heterocycles. The summed E-state index contributed by atoms with van der Waals surface area (Å²) in [5.41, 5.74) is 13.4. The number of ether oxygens (including phenoxy) is 13. The van der Waals surface area contributed by atoms with Gasteiger partial charge in [0.05, 0.1) is 188 Å². The highest BCUT2D eigenvalue weighted by molar-refractivity contribution is 6.03. The first-order chi connectivity index (χ1) is 61.3. The summed E-state index contributed by atoms with van der Waals surface area (Å²) in [4.78, 5) is 105. The maximum absolute atomic E-state index is 13.8. The fourth-order valence-electron chi connectivity index (χ4n) is 13.7. The number of carbonyl (C=O) groups excluding carboxylic acids is 6. The van der Waals surface area contributed by atoms with Crippen molar-refractivity contribution in [2.75, 3.05) is 207 Å². The van der Waals surface area contributed by atoms with Crippen molar-refractivity contribution in [3.63, 3.8) is 0 Å². The minimum absolute atomic E-state index is 0.0230. The number of unbranched alkanes of at least 4 members (excludes halogenated alkanes) is 3. The maximum atomic E-state index is 13.8. The van der Waals surface area contributed by atoms with E-state index in [1.165, 1.54) is 33.9 Å². The zero-order chi connectivity index (χ0) is 91.8. The smallest absolute Gasteiger partial charge is 0.408 e. The molecule has 34 heteroatoms. The number of nitrogens with two attached hydrogens (primary N) is 1. The van der Waals surface area contributed by atoms with E-state index in [0.717, 1.165) is 19.4 Å². The highest BCUT2D eigenvalue weighted by atomic mass is 16.6. The van der Waals surface area contributed by atoms with Crippen LogP contribution in [0.25, 0.3) is 0 Å². The van der Waals surface area contributed by atoms with Crippen molar-refractivity contribution in [3.05, 3.63) is 144 Å². The van der Waals surface area contributed by atoms with Gasteiger partial charge in [-0.1, -0.05) is 68.5 Å². The third kappa shape index (κ3) is 42.8. The van der Waals surface area contributed by atoms with Gasteiger partial charge in [-0.25, -0.2) is 9.59 Å². The van der Waals surface area contributed by atoms with Crippen LogP contribution in [-0.4, -0.2) is 278 Å². The number of likely N-dealkylation sites (N-methyl/N-ethyl adjacent to an activating group) is 1. The number of para-hydroxylation sites is 2. The van der Waals surface area contributed by atoms with Crippen molar-refractivity contribution < 1.29 is 115 Å². The second-order valence-electron chi connectivity index (χ2n) is 32.1. The Morgan fingerprint density at radius 2 is 0.953 bits per heavy atom. The Labute approximate surface area is 747 Å². The number of hydrogen-bond acceptors (Lipinski definition) is 25. The van der Waals surface area contributed by atoms with Crippen molar-refractivity contribution in [1.29, 1.82) is 0 Å². The number of azo groups is 1. The summed E-state index contributed by atoms with van der Waals surface area (Å²) in [6.45, 7) is 25.1. The van der Waals surface area contributed by atoms with Crippen molar-refractivity contribution in [3.8, 4) is 0 Å². The molecule has 0 saturated carbocycles. The third-order valence-corrected chi connectivity index (χ3v) is 20.3. The van der Waals surface area contributed by atoms with E-state index in [2.05, 4.69) is 165 Å². The fourth-order valence-corrected chi connectivity index (χ4v) is 13.7. The highest BCUT2D eigenvalue weighted by Crippen LogP contribution is 2.47. The number of alkyl carbamates (subject to hydrolysis) is 1. The Morgan fingerprint density at radius 3 is 1.45 bits per heavy atom. The van der Waals surface area contributed by atoms with E-state index in [1.807, 2.05) is 0 Å². The van der Waals surface area contributed by atoms with Crippen LogP contribution in [0.4, 0.5) is 38.9 Å². The van der Waals surface area contributed by atoms with Gasteiger partial charge in [0.2, 0.25) is 35.2 Å². The van der Waals surface area contributed by atoms with Crippen molar-refractivity contribution >= 4 is 87.4 Å². The Kier molecular flexibility index (Phi) is 50.8. The first-order valence-corrected chi connectivity index (χ1v) is 44.0. The van der Waals surface area contributed by atoms with Gasteiger partial charge in [-0.05, 0) is 152 Å². The molecule has 34 nitrogen and oxygen atoms in total. The summed E-state index contributed by atoms with van der Waals surface area (Å²) in [5.74, 6) is -5.84. The van der Waals surface area contributed by atoms with E-state index < -0.39 is 78.2 Å². The molecular formula is C93H138N11O23+. The molecule has 6 rings (SSSR count). The van der Waals surface area contributed by atoms with E-state index in [4.69, 9.17) is 67.3 Å². The zero-order valence-corrected chi connectivity index (χ0v) is 75.5. The molecule has 0 aliphatic carbocycles. The lowest BCUT2D eigenvalue weighted by atomic mass is 9.81. The number of carbonyl (C=O) groups is 8. The molecule has 6 amide bonds. The van der Waals surface area contributed by atoms with Crippen LogP contribution in [0.5, 0.6) is 0 Å². The zero-order valence-electron chi connectivity index (χ0n) is 75.5. The van der Waals surface area contributed by atoms with Gasteiger partial charge in [0.25, 0.3) is 0 Å². The molecule has 2 aliphatic heterocycles. The van der Waals surface area contributed by atoms with Gasteiger partial charge >= 0.3 is 18.0 Å². The van der Waals surface area contributed by atoms with Crippen LogP contribution in [0.2, 0.25) is 0 Å². The largest absolute Gasteiger partial charge is 0.481 e. The molecule has 0 radical (unpaired) electrons. The number of benzene rings is 4. The van der Waals surface area contributed by atoms with E-state index in [-0.39, 0.29) is 68.7 Å². The molecule has 0 fully saturated rings. The second kappa shape index (κ2) is 60.9. The Hall–Kier alpha value is -9.79. The van der Waals surface area contributed by atoms with Gasteiger partial charge in [-0.2, -0.15) is 14.8 Å². The minimum atomic E-state index is -1.52. The van der Waals surface area contributed by atoms with Crippen molar-refractivity contribution in [2.24, 2.45) is 21.9 Å². The lowest BCUT2D eigenvalue weighted by Gasteiger charge is -2.23. The molecule has 702 valence electrons. The van der Waals surface area contributed by atoms with E-state index >= 15 is 0 Å². The van der Waals surface area contributed by atoms with Gasteiger partial charge in [-0.15, -0.1) is 0 Å². The van der Waals surface area contributed by atoms with Gasteiger partial charge in [0.15, 0.2) is 5.71 Å². The maximum Gasteiger partial charge on any atom is 0.408 e. The number of allylic oxidation sites excluding steroid dienone is 6. The molecule has 4 aromatic carbocycles. The monoisotopic (exact) mass is 1780 g/mol. The molecule has 0 bridgehead atoms. The van der Waals surface area contributed by atoms with Gasteiger partial charge in [-0.3, -0.25) is 28.8 Å². The SMILES string of the molecule is CN1\C(=C/C=C/C=C/C2=[N+](CCCCCC(=O)NCCCC[C@H](NC(=O)CCOCCOCCOCCOCCOCCOCCOCCOCCOCCOCCOCCOCCN)C(=O)NCC(=O)Nc3ccc(/N=N/c4ccc(NC(=O)CCC[C@@H](C[C@H](NC(=O)OC(C)(C)C)C(=O)O)C(=O)O)cc4)cc3)c3ccccc3C2(C)C)C(C)(C)c2ccccc21. The lowest BCUT2D eigenvalue weighted by molar-refractivity contribution is -0.438. The number of nitrogens with one attached hydrogen (secondary N) is 6. The summed E-state index contributed by atoms with van der Waals surface area (Å²) in [7, 11) is 2.12. The number of nitrogens with zero attached hydrogens (tertiary/aromatic N) is 4.